The van der Waals surface area contributed by atoms with E-state index in [1.54, 1.807) is 24.3 Å². The van der Waals surface area contributed by atoms with Crippen molar-refractivity contribution < 1.29 is 9.15 Å². The zero-order valence-corrected chi connectivity index (χ0v) is 13.2. The minimum absolute atomic E-state index is 0.0897. The fraction of sp³-hybridized carbons (Fsp3) is 0.211. The molecule has 0 aliphatic heterocycles. The zero-order chi connectivity index (χ0) is 16.4. The third kappa shape index (κ3) is 3.37. The molecule has 4 heteroatoms. The van der Waals surface area contributed by atoms with Gasteiger partial charge in [0, 0.05) is 17.3 Å². The van der Waals surface area contributed by atoms with E-state index in [0.717, 1.165) is 5.56 Å². The summed E-state index contributed by atoms with van der Waals surface area (Å²) in [6, 6.07) is 14.0. The Kier molecular flexibility index (Phi) is 4.06. The van der Waals surface area contributed by atoms with Gasteiger partial charge in [0.05, 0.1) is 12.0 Å². The normalized spacial score (nSPS) is 11.1. The second-order valence-corrected chi connectivity index (χ2v) is 5.96. The highest BCUT2D eigenvalue weighted by Gasteiger charge is 2.08. The summed E-state index contributed by atoms with van der Waals surface area (Å²) in [5.74, 6) is 1.63. The van der Waals surface area contributed by atoms with Crippen molar-refractivity contribution in [3.05, 3.63) is 58.8 Å². The summed E-state index contributed by atoms with van der Waals surface area (Å²) in [7, 11) is 0. The Hall–Kier alpha value is -2.75. The standard InChI is InChI=1S/C19H19NO3/c1-12(2)11-22-15-7-8-18-16(9-15)17(21)10-19(23-18)13-3-5-14(20)6-4-13/h3-10,12H,11,20H2,1-2H3. The molecule has 4 nitrogen and oxygen atoms in total. The average molecular weight is 309 g/mol. The molecule has 0 bridgehead atoms. The van der Waals surface area contributed by atoms with Gasteiger partial charge in [-0.15, -0.1) is 0 Å². The maximum Gasteiger partial charge on any atom is 0.193 e. The molecule has 0 aliphatic carbocycles. The SMILES string of the molecule is CC(C)COc1ccc2oc(-c3ccc(N)cc3)cc(=O)c2c1. The summed E-state index contributed by atoms with van der Waals surface area (Å²) in [6.45, 7) is 4.77. The minimum Gasteiger partial charge on any atom is -0.493 e. The molecule has 3 aromatic rings. The molecule has 3 rings (SSSR count). The van der Waals surface area contributed by atoms with Gasteiger partial charge in [-0.2, -0.15) is 0 Å². The van der Waals surface area contributed by atoms with Crippen LogP contribution in [-0.4, -0.2) is 6.61 Å². The van der Waals surface area contributed by atoms with E-state index < -0.39 is 0 Å². The summed E-state index contributed by atoms with van der Waals surface area (Å²) >= 11 is 0. The highest BCUT2D eigenvalue weighted by Crippen LogP contribution is 2.25. The van der Waals surface area contributed by atoms with E-state index in [2.05, 4.69) is 13.8 Å². The van der Waals surface area contributed by atoms with Crippen molar-refractivity contribution in [3.63, 3.8) is 0 Å². The number of fused-ring (bicyclic) bond motifs is 1. The smallest absolute Gasteiger partial charge is 0.193 e. The molecule has 0 atom stereocenters. The molecule has 118 valence electrons. The van der Waals surface area contributed by atoms with Gasteiger partial charge < -0.3 is 14.9 Å². The first-order valence-electron chi connectivity index (χ1n) is 7.59. The lowest BCUT2D eigenvalue weighted by molar-refractivity contribution is 0.271. The average Bonchev–Trinajstić information content (AvgIpc) is 2.53. The highest BCUT2D eigenvalue weighted by molar-refractivity contribution is 5.80. The van der Waals surface area contributed by atoms with Crippen LogP contribution in [0.1, 0.15) is 13.8 Å². The molecule has 1 heterocycles. The molecule has 0 saturated heterocycles. The Labute approximate surface area is 134 Å². The lowest BCUT2D eigenvalue weighted by Crippen LogP contribution is -2.05. The number of nitrogens with two attached hydrogens (primary N) is 1. The van der Waals surface area contributed by atoms with Crippen LogP contribution in [0.3, 0.4) is 0 Å². The van der Waals surface area contributed by atoms with Crippen LogP contribution in [0.5, 0.6) is 5.75 Å². The van der Waals surface area contributed by atoms with Gasteiger partial charge in [-0.05, 0) is 48.4 Å². The quantitative estimate of drug-likeness (QED) is 0.738. The summed E-state index contributed by atoms with van der Waals surface area (Å²) in [5.41, 5.74) is 7.63. The molecular weight excluding hydrogens is 290 g/mol. The molecular formula is C19H19NO3. The molecule has 0 saturated carbocycles. The molecule has 0 amide bonds. The number of rotatable bonds is 4. The van der Waals surface area contributed by atoms with E-state index >= 15 is 0 Å². The van der Waals surface area contributed by atoms with E-state index in [9.17, 15) is 4.79 Å². The van der Waals surface area contributed by atoms with E-state index in [4.69, 9.17) is 14.9 Å². The van der Waals surface area contributed by atoms with Crippen molar-refractivity contribution in [2.75, 3.05) is 12.3 Å². The van der Waals surface area contributed by atoms with Gasteiger partial charge in [-0.25, -0.2) is 0 Å². The molecule has 0 fully saturated rings. The Morgan fingerprint density at radius 3 is 2.52 bits per heavy atom. The second kappa shape index (κ2) is 6.16. The number of hydrogen-bond acceptors (Lipinski definition) is 4. The third-order valence-corrected chi connectivity index (χ3v) is 3.48. The summed E-state index contributed by atoms with van der Waals surface area (Å²) in [6.07, 6.45) is 0. The van der Waals surface area contributed by atoms with Gasteiger partial charge in [-0.1, -0.05) is 13.8 Å². The summed E-state index contributed by atoms with van der Waals surface area (Å²) in [5, 5.41) is 0.519. The number of anilines is 1. The van der Waals surface area contributed by atoms with Crippen LogP contribution in [0.15, 0.2) is 57.7 Å². The number of ether oxygens (including phenoxy) is 1. The van der Waals surface area contributed by atoms with E-state index in [-0.39, 0.29) is 5.43 Å². The van der Waals surface area contributed by atoms with Gasteiger partial charge in [0.1, 0.15) is 17.1 Å². The van der Waals surface area contributed by atoms with Gasteiger partial charge >= 0.3 is 0 Å². The van der Waals surface area contributed by atoms with Crippen LogP contribution in [0.25, 0.3) is 22.3 Å². The molecule has 0 unspecified atom stereocenters. The maximum absolute atomic E-state index is 12.4. The monoisotopic (exact) mass is 309 g/mol. The fourth-order valence-corrected chi connectivity index (χ4v) is 2.28. The van der Waals surface area contributed by atoms with Crippen molar-refractivity contribution in [1.29, 1.82) is 0 Å². The van der Waals surface area contributed by atoms with E-state index in [0.29, 0.717) is 40.7 Å². The molecule has 0 radical (unpaired) electrons. The molecule has 2 N–H and O–H groups in total. The zero-order valence-electron chi connectivity index (χ0n) is 13.2. The van der Waals surface area contributed by atoms with Gasteiger partial charge in [0.15, 0.2) is 5.43 Å². The molecule has 2 aromatic carbocycles. The van der Waals surface area contributed by atoms with Crippen LogP contribution in [0.4, 0.5) is 5.69 Å². The van der Waals surface area contributed by atoms with Crippen molar-refractivity contribution in [1.82, 2.24) is 0 Å². The van der Waals surface area contributed by atoms with Crippen LogP contribution < -0.4 is 15.9 Å². The third-order valence-electron chi connectivity index (χ3n) is 3.48. The first kappa shape index (κ1) is 15.2. The minimum atomic E-state index is -0.0897. The highest BCUT2D eigenvalue weighted by atomic mass is 16.5. The van der Waals surface area contributed by atoms with Crippen molar-refractivity contribution in [2.24, 2.45) is 5.92 Å². The fourth-order valence-electron chi connectivity index (χ4n) is 2.28. The molecule has 1 aromatic heterocycles. The number of benzene rings is 2. The Morgan fingerprint density at radius 1 is 1.09 bits per heavy atom. The summed E-state index contributed by atoms with van der Waals surface area (Å²) in [4.78, 5) is 12.4. The van der Waals surface area contributed by atoms with Crippen LogP contribution in [0, 0.1) is 5.92 Å². The first-order chi connectivity index (χ1) is 11.0. The predicted octanol–water partition coefficient (Wildman–Crippen LogP) is 4.08. The predicted molar refractivity (Wildman–Crippen MR) is 92.7 cm³/mol. The lowest BCUT2D eigenvalue weighted by atomic mass is 10.1. The Morgan fingerprint density at radius 2 is 1.83 bits per heavy atom. The number of hydrogen-bond donors (Lipinski definition) is 1. The largest absolute Gasteiger partial charge is 0.493 e. The van der Waals surface area contributed by atoms with Gasteiger partial charge in [0.2, 0.25) is 0 Å². The molecule has 0 spiro atoms. The lowest BCUT2D eigenvalue weighted by Gasteiger charge is -2.09. The van der Waals surface area contributed by atoms with Crippen LogP contribution in [0.2, 0.25) is 0 Å². The Balaban J connectivity index is 2.00. The number of nitrogen functional groups attached to an aromatic ring is 1. The second-order valence-electron chi connectivity index (χ2n) is 5.96. The van der Waals surface area contributed by atoms with E-state index in [1.165, 1.54) is 6.07 Å². The van der Waals surface area contributed by atoms with Gasteiger partial charge in [0.25, 0.3) is 0 Å². The summed E-state index contributed by atoms with van der Waals surface area (Å²) < 4.78 is 11.5. The maximum atomic E-state index is 12.4. The van der Waals surface area contributed by atoms with Crippen LogP contribution >= 0.6 is 0 Å². The van der Waals surface area contributed by atoms with Crippen LogP contribution in [-0.2, 0) is 0 Å². The van der Waals surface area contributed by atoms with E-state index in [1.807, 2.05) is 18.2 Å². The molecule has 0 aliphatic rings. The first-order valence-corrected chi connectivity index (χ1v) is 7.59. The van der Waals surface area contributed by atoms with Crippen molar-refractivity contribution in [3.8, 4) is 17.1 Å². The van der Waals surface area contributed by atoms with Gasteiger partial charge in [-0.3, -0.25) is 4.79 Å². The Bertz CT molecular complexity index is 879. The van der Waals surface area contributed by atoms with Crippen molar-refractivity contribution >= 4 is 16.7 Å². The van der Waals surface area contributed by atoms with Crippen molar-refractivity contribution in [2.45, 2.75) is 13.8 Å². The topological polar surface area (TPSA) is 65.5 Å². The molecule has 23 heavy (non-hydrogen) atoms.